The lowest BCUT2D eigenvalue weighted by molar-refractivity contribution is -0.120. The van der Waals surface area contributed by atoms with Crippen molar-refractivity contribution in [3.63, 3.8) is 0 Å². The minimum absolute atomic E-state index is 0.0924. The second-order valence-electron chi connectivity index (χ2n) is 4.34. The Hall–Kier alpha value is -1.54. The van der Waals surface area contributed by atoms with E-state index < -0.39 is 0 Å². The molecule has 18 heavy (non-hydrogen) atoms. The van der Waals surface area contributed by atoms with Gasteiger partial charge >= 0.3 is 0 Å². The van der Waals surface area contributed by atoms with Gasteiger partial charge in [0.15, 0.2) is 0 Å². The van der Waals surface area contributed by atoms with Gasteiger partial charge in [0, 0.05) is 29.2 Å². The number of benzene rings is 1. The van der Waals surface area contributed by atoms with Crippen molar-refractivity contribution in [2.45, 2.75) is 25.3 Å². The fraction of sp³-hybridized carbons (Fsp3) is 0.385. The van der Waals surface area contributed by atoms with Crippen molar-refractivity contribution in [3.8, 4) is 6.07 Å². The first-order valence-electron chi connectivity index (χ1n) is 5.92. The Kier molecular flexibility index (Phi) is 4.21. The molecule has 1 aliphatic rings. The molecule has 0 aliphatic carbocycles. The quantitative estimate of drug-likeness (QED) is 0.882. The van der Waals surface area contributed by atoms with Gasteiger partial charge in [0.25, 0.3) is 0 Å². The van der Waals surface area contributed by atoms with E-state index in [9.17, 15) is 4.79 Å². The summed E-state index contributed by atoms with van der Waals surface area (Å²) in [6.07, 6.45) is 2.44. The zero-order chi connectivity index (χ0) is 13.0. The smallest absolute Gasteiger partial charge is 0.222 e. The van der Waals surface area contributed by atoms with Gasteiger partial charge in [-0.25, -0.2) is 0 Å². The summed E-state index contributed by atoms with van der Waals surface area (Å²) in [4.78, 5) is 11.5. The molecule has 94 valence electrons. The summed E-state index contributed by atoms with van der Waals surface area (Å²) in [5.41, 5.74) is 1.54. The lowest BCUT2D eigenvalue weighted by Crippen LogP contribution is -2.26. The molecule has 0 bridgehead atoms. The number of carbonyl (C=O) groups excluding carboxylic acids is 1. The van der Waals surface area contributed by atoms with Crippen molar-refractivity contribution in [1.29, 1.82) is 5.26 Å². The Balaban J connectivity index is 2.08. The van der Waals surface area contributed by atoms with Crippen LogP contribution in [0.15, 0.2) is 22.7 Å². The maximum atomic E-state index is 11.5. The molecular formula is C13H14BrN3O. The molecule has 2 rings (SSSR count). The fourth-order valence-corrected chi connectivity index (χ4v) is 2.51. The molecule has 0 radical (unpaired) electrons. The molecule has 1 aliphatic heterocycles. The summed E-state index contributed by atoms with van der Waals surface area (Å²) >= 11 is 3.44. The average Bonchev–Trinajstić information content (AvgIpc) is 2.56. The zero-order valence-electron chi connectivity index (χ0n) is 9.87. The number of hydrogen-bond acceptors (Lipinski definition) is 3. The second-order valence-corrected chi connectivity index (χ2v) is 5.20. The van der Waals surface area contributed by atoms with Crippen molar-refractivity contribution >= 4 is 27.5 Å². The van der Waals surface area contributed by atoms with Gasteiger partial charge in [-0.1, -0.05) is 0 Å². The van der Waals surface area contributed by atoms with Crippen molar-refractivity contribution < 1.29 is 4.79 Å². The molecule has 1 fully saturated rings. The minimum atomic E-state index is 0.0924. The second kappa shape index (κ2) is 5.87. The number of nitrogens with one attached hydrogen (secondary N) is 2. The predicted octanol–water partition coefficient (Wildman–Crippen LogP) is 2.40. The number of amides is 1. The van der Waals surface area contributed by atoms with Crippen LogP contribution in [0.2, 0.25) is 0 Å². The van der Waals surface area contributed by atoms with Crippen LogP contribution in [0.4, 0.5) is 5.69 Å². The summed E-state index contributed by atoms with van der Waals surface area (Å²) in [6.45, 7) is 0.756. The number of anilines is 1. The third-order valence-corrected chi connectivity index (χ3v) is 3.60. The van der Waals surface area contributed by atoms with Gasteiger partial charge in [-0.15, -0.1) is 0 Å². The highest BCUT2D eigenvalue weighted by atomic mass is 79.9. The van der Waals surface area contributed by atoms with Crippen LogP contribution < -0.4 is 10.6 Å². The first kappa shape index (κ1) is 12.9. The van der Waals surface area contributed by atoms with Crippen LogP contribution in [0, 0.1) is 11.3 Å². The van der Waals surface area contributed by atoms with Gasteiger partial charge in [-0.2, -0.15) is 5.26 Å². The molecule has 4 nitrogen and oxygen atoms in total. The molecule has 0 spiro atoms. The van der Waals surface area contributed by atoms with Crippen molar-refractivity contribution in [2.75, 3.05) is 11.9 Å². The average molecular weight is 308 g/mol. The van der Waals surface area contributed by atoms with Gasteiger partial charge in [0.1, 0.15) is 0 Å². The van der Waals surface area contributed by atoms with Crippen LogP contribution in [0.25, 0.3) is 0 Å². The SMILES string of the molecule is N#Cc1ccc(NC2CCCNC(=O)C2)c(Br)c1. The van der Waals surface area contributed by atoms with E-state index in [0.717, 1.165) is 29.5 Å². The van der Waals surface area contributed by atoms with Crippen LogP contribution in [0.5, 0.6) is 0 Å². The van der Waals surface area contributed by atoms with E-state index in [2.05, 4.69) is 32.6 Å². The van der Waals surface area contributed by atoms with E-state index in [4.69, 9.17) is 5.26 Å². The highest BCUT2D eigenvalue weighted by Gasteiger charge is 2.17. The summed E-state index contributed by atoms with van der Waals surface area (Å²) in [5.74, 6) is 0.0924. The molecule has 1 amide bonds. The molecule has 1 unspecified atom stereocenters. The third kappa shape index (κ3) is 3.23. The molecule has 1 atom stereocenters. The number of halogens is 1. The third-order valence-electron chi connectivity index (χ3n) is 2.94. The molecular weight excluding hydrogens is 294 g/mol. The van der Waals surface area contributed by atoms with Gasteiger partial charge in [0.05, 0.1) is 11.6 Å². The van der Waals surface area contributed by atoms with Crippen LogP contribution in [0.3, 0.4) is 0 Å². The number of rotatable bonds is 2. The Morgan fingerprint density at radius 2 is 2.33 bits per heavy atom. The maximum absolute atomic E-state index is 11.5. The van der Waals surface area contributed by atoms with Gasteiger partial charge < -0.3 is 10.6 Å². The topological polar surface area (TPSA) is 64.9 Å². The van der Waals surface area contributed by atoms with Gasteiger partial charge in [-0.3, -0.25) is 4.79 Å². The predicted molar refractivity (Wildman–Crippen MR) is 73.1 cm³/mol. The number of hydrogen-bond donors (Lipinski definition) is 2. The molecule has 5 heteroatoms. The van der Waals surface area contributed by atoms with E-state index in [1.54, 1.807) is 12.1 Å². The molecule has 0 aromatic heterocycles. The Morgan fingerprint density at radius 3 is 3.06 bits per heavy atom. The standard InChI is InChI=1S/C13H14BrN3O/c14-11-6-9(8-15)3-4-12(11)17-10-2-1-5-16-13(18)7-10/h3-4,6,10,17H,1-2,5,7H2,(H,16,18). The van der Waals surface area contributed by atoms with Crippen molar-refractivity contribution in [1.82, 2.24) is 5.32 Å². The van der Waals surface area contributed by atoms with Crippen molar-refractivity contribution in [3.05, 3.63) is 28.2 Å². The molecule has 1 aromatic rings. The summed E-state index contributed by atoms with van der Waals surface area (Å²) in [7, 11) is 0. The highest BCUT2D eigenvalue weighted by molar-refractivity contribution is 9.10. The van der Waals surface area contributed by atoms with E-state index in [1.807, 2.05) is 6.07 Å². The minimum Gasteiger partial charge on any atom is -0.381 e. The largest absolute Gasteiger partial charge is 0.381 e. The van der Waals surface area contributed by atoms with E-state index in [0.29, 0.717) is 12.0 Å². The Morgan fingerprint density at radius 1 is 1.50 bits per heavy atom. The molecule has 2 N–H and O–H groups in total. The Bertz CT molecular complexity index is 495. The van der Waals surface area contributed by atoms with E-state index in [1.165, 1.54) is 0 Å². The molecule has 0 saturated carbocycles. The monoisotopic (exact) mass is 307 g/mol. The normalized spacial score (nSPS) is 19.6. The molecule has 1 aromatic carbocycles. The lowest BCUT2D eigenvalue weighted by atomic mass is 10.1. The van der Waals surface area contributed by atoms with Gasteiger partial charge in [-0.05, 0) is 47.0 Å². The van der Waals surface area contributed by atoms with Gasteiger partial charge in [0.2, 0.25) is 5.91 Å². The van der Waals surface area contributed by atoms with Crippen LogP contribution in [-0.4, -0.2) is 18.5 Å². The van der Waals surface area contributed by atoms with Crippen LogP contribution in [-0.2, 0) is 4.79 Å². The summed E-state index contributed by atoms with van der Waals surface area (Å²) in [5, 5.41) is 15.0. The zero-order valence-corrected chi connectivity index (χ0v) is 11.5. The number of carbonyl (C=O) groups is 1. The first-order chi connectivity index (χ1) is 8.69. The van der Waals surface area contributed by atoms with E-state index >= 15 is 0 Å². The molecule has 1 heterocycles. The lowest BCUT2D eigenvalue weighted by Gasteiger charge is -2.17. The number of nitriles is 1. The highest BCUT2D eigenvalue weighted by Crippen LogP contribution is 2.25. The summed E-state index contributed by atoms with van der Waals surface area (Å²) in [6, 6.07) is 7.65. The maximum Gasteiger partial charge on any atom is 0.222 e. The van der Waals surface area contributed by atoms with E-state index in [-0.39, 0.29) is 11.9 Å². The van der Waals surface area contributed by atoms with Crippen molar-refractivity contribution in [2.24, 2.45) is 0 Å². The first-order valence-corrected chi connectivity index (χ1v) is 6.71. The molecule has 1 saturated heterocycles. The number of nitrogens with zero attached hydrogens (tertiary/aromatic N) is 1. The fourth-order valence-electron chi connectivity index (χ4n) is 2.02. The Labute approximate surface area is 115 Å². The van der Waals surface area contributed by atoms with Crippen LogP contribution >= 0.6 is 15.9 Å². The summed E-state index contributed by atoms with van der Waals surface area (Å²) < 4.78 is 0.853. The van der Waals surface area contributed by atoms with Crippen LogP contribution in [0.1, 0.15) is 24.8 Å².